The van der Waals surface area contributed by atoms with Gasteiger partial charge in [0.2, 0.25) is 0 Å². The van der Waals surface area contributed by atoms with Gasteiger partial charge in [0.05, 0.1) is 6.61 Å². The van der Waals surface area contributed by atoms with E-state index in [1.165, 1.54) is 5.56 Å². The number of ether oxygens (including phenoxy) is 1. The first-order valence-electron chi connectivity index (χ1n) is 4.81. The molecule has 3 nitrogen and oxygen atoms in total. The largest absolute Gasteiger partial charge is 0.383 e. The minimum Gasteiger partial charge on any atom is -0.383 e. The molecular weight excluding hydrogens is 176 g/mol. The number of hydrazine groups is 1. The van der Waals surface area contributed by atoms with E-state index in [2.05, 4.69) is 19.1 Å². The molecule has 1 atom stereocenters. The highest BCUT2D eigenvalue weighted by Crippen LogP contribution is 2.15. The quantitative estimate of drug-likeness (QED) is 0.571. The van der Waals surface area contributed by atoms with Crippen molar-refractivity contribution in [3.8, 4) is 0 Å². The molecule has 1 aromatic rings. The van der Waals surface area contributed by atoms with E-state index < -0.39 is 0 Å². The first-order chi connectivity index (χ1) is 6.75. The predicted molar refractivity (Wildman–Crippen MR) is 57.6 cm³/mol. The minimum absolute atomic E-state index is 0.228. The first-order valence-corrected chi connectivity index (χ1v) is 4.81. The maximum absolute atomic E-state index is 5.89. The summed E-state index contributed by atoms with van der Waals surface area (Å²) in [4.78, 5) is 0. The van der Waals surface area contributed by atoms with Crippen LogP contribution in [-0.2, 0) is 4.74 Å². The van der Waals surface area contributed by atoms with E-state index in [0.717, 1.165) is 6.54 Å². The number of nitrogens with zero attached hydrogens (tertiary/aromatic N) is 1. The maximum Gasteiger partial charge on any atom is 0.0603 e. The van der Waals surface area contributed by atoms with Crippen molar-refractivity contribution < 1.29 is 4.74 Å². The van der Waals surface area contributed by atoms with Gasteiger partial charge in [0.25, 0.3) is 0 Å². The van der Waals surface area contributed by atoms with Gasteiger partial charge >= 0.3 is 0 Å². The van der Waals surface area contributed by atoms with Crippen LogP contribution in [0.15, 0.2) is 30.3 Å². The van der Waals surface area contributed by atoms with Crippen molar-refractivity contribution in [3.05, 3.63) is 35.9 Å². The van der Waals surface area contributed by atoms with Crippen LogP contribution in [0.25, 0.3) is 0 Å². The molecule has 0 saturated carbocycles. The zero-order chi connectivity index (χ0) is 10.4. The Kier molecular flexibility index (Phi) is 4.59. The molecule has 2 N–H and O–H groups in total. The molecule has 0 heterocycles. The van der Waals surface area contributed by atoms with Crippen molar-refractivity contribution in [2.45, 2.75) is 13.0 Å². The summed E-state index contributed by atoms with van der Waals surface area (Å²) in [5.74, 6) is 5.89. The molecule has 1 aromatic carbocycles. The smallest absolute Gasteiger partial charge is 0.0603 e. The number of rotatable bonds is 5. The first kappa shape index (κ1) is 11.2. The summed E-state index contributed by atoms with van der Waals surface area (Å²) in [7, 11) is 1.68. The summed E-state index contributed by atoms with van der Waals surface area (Å²) < 4.78 is 4.98. The van der Waals surface area contributed by atoms with Crippen LogP contribution in [0.5, 0.6) is 0 Å². The van der Waals surface area contributed by atoms with E-state index in [-0.39, 0.29) is 6.04 Å². The second-order valence-electron chi connectivity index (χ2n) is 3.32. The van der Waals surface area contributed by atoms with E-state index in [4.69, 9.17) is 10.6 Å². The van der Waals surface area contributed by atoms with Crippen molar-refractivity contribution >= 4 is 0 Å². The number of benzene rings is 1. The Hall–Kier alpha value is -0.900. The van der Waals surface area contributed by atoms with E-state index in [1.54, 1.807) is 12.1 Å². The lowest BCUT2D eigenvalue weighted by atomic mass is 10.1. The van der Waals surface area contributed by atoms with Gasteiger partial charge in [-0.3, -0.25) is 5.84 Å². The molecular formula is C11H18N2O. The second kappa shape index (κ2) is 5.75. The van der Waals surface area contributed by atoms with Gasteiger partial charge in [-0.2, -0.15) is 0 Å². The number of nitrogens with two attached hydrogens (primary N) is 1. The lowest BCUT2D eigenvalue weighted by Gasteiger charge is -2.23. The van der Waals surface area contributed by atoms with Gasteiger partial charge in [-0.25, -0.2) is 5.01 Å². The molecule has 0 bridgehead atoms. The Morgan fingerprint density at radius 2 is 2.00 bits per heavy atom. The zero-order valence-electron chi connectivity index (χ0n) is 8.81. The van der Waals surface area contributed by atoms with Gasteiger partial charge in [-0.05, 0) is 12.5 Å². The summed E-state index contributed by atoms with van der Waals surface area (Å²) in [5, 5.41) is 1.79. The summed E-state index contributed by atoms with van der Waals surface area (Å²) in [6.45, 7) is 3.49. The van der Waals surface area contributed by atoms with Crippen LogP contribution < -0.4 is 5.84 Å². The fourth-order valence-electron chi connectivity index (χ4n) is 1.31. The topological polar surface area (TPSA) is 38.5 Å². The van der Waals surface area contributed by atoms with Gasteiger partial charge in [0, 0.05) is 19.7 Å². The van der Waals surface area contributed by atoms with Crippen LogP contribution in [0.1, 0.15) is 18.5 Å². The molecule has 0 radical (unpaired) electrons. The molecule has 3 heteroatoms. The van der Waals surface area contributed by atoms with Gasteiger partial charge in [0.1, 0.15) is 0 Å². The zero-order valence-corrected chi connectivity index (χ0v) is 8.81. The maximum atomic E-state index is 5.89. The molecule has 1 rings (SSSR count). The van der Waals surface area contributed by atoms with Crippen molar-refractivity contribution in [3.63, 3.8) is 0 Å². The molecule has 0 amide bonds. The van der Waals surface area contributed by atoms with Gasteiger partial charge in [0.15, 0.2) is 0 Å². The van der Waals surface area contributed by atoms with Crippen LogP contribution in [0.4, 0.5) is 0 Å². The van der Waals surface area contributed by atoms with Crippen LogP contribution in [0.2, 0.25) is 0 Å². The molecule has 14 heavy (non-hydrogen) atoms. The van der Waals surface area contributed by atoms with E-state index in [9.17, 15) is 0 Å². The van der Waals surface area contributed by atoms with Gasteiger partial charge in [-0.15, -0.1) is 0 Å². The molecule has 78 valence electrons. The fraction of sp³-hybridized carbons (Fsp3) is 0.455. The van der Waals surface area contributed by atoms with Crippen molar-refractivity contribution in [2.24, 2.45) is 5.84 Å². The van der Waals surface area contributed by atoms with Gasteiger partial charge < -0.3 is 4.74 Å². The summed E-state index contributed by atoms with van der Waals surface area (Å²) in [6, 6.07) is 10.4. The SMILES string of the molecule is COCCN(N)[C@H](C)c1ccccc1. The summed E-state index contributed by atoms with van der Waals surface area (Å²) >= 11 is 0. The number of hydrogen-bond donors (Lipinski definition) is 1. The normalized spacial score (nSPS) is 13.1. The van der Waals surface area contributed by atoms with Crippen molar-refractivity contribution in [1.82, 2.24) is 5.01 Å². The fourth-order valence-corrected chi connectivity index (χ4v) is 1.31. The minimum atomic E-state index is 0.228. The third-order valence-corrected chi connectivity index (χ3v) is 2.33. The van der Waals surface area contributed by atoms with Crippen LogP contribution in [0.3, 0.4) is 0 Å². The number of methoxy groups -OCH3 is 1. The molecule has 0 aliphatic carbocycles. The molecule has 0 saturated heterocycles. The van der Waals surface area contributed by atoms with Crippen molar-refractivity contribution in [2.75, 3.05) is 20.3 Å². The van der Waals surface area contributed by atoms with E-state index in [1.807, 2.05) is 18.2 Å². The molecule has 0 aromatic heterocycles. The number of hydrogen-bond acceptors (Lipinski definition) is 3. The Balaban J connectivity index is 2.52. The average molecular weight is 194 g/mol. The highest BCUT2D eigenvalue weighted by atomic mass is 16.5. The Morgan fingerprint density at radius 1 is 1.36 bits per heavy atom. The molecule has 0 unspecified atom stereocenters. The standard InChI is InChI=1S/C11H18N2O/c1-10(13(12)8-9-14-2)11-6-4-3-5-7-11/h3-7,10H,8-9,12H2,1-2H3/t10-/m1/s1. The Morgan fingerprint density at radius 3 is 2.57 bits per heavy atom. The lowest BCUT2D eigenvalue weighted by Crippen LogP contribution is -2.36. The van der Waals surface area contributed by atoms with E-state index in [0.29, 0.717) is 6.61 Å². The highest BCUT2D eigenvalue weighted by molar-refractivity contribution is 5.17. The van der Waals surface area contributed by atoms with Gasteiger partial charge in [-0.1, -0.05) is 30.3 Å². The van der Waals surface area contributed by atoms with Crippen molar-refractivity contribution in [1.29, 1.82) is 0 Å². The Bertz CT molecular complexity index is 251. The lowest BCUT2D eigenvalue weighted by molar-refractivity contribution is 0.125. The predicted octanol–water partition coefficient (Wildman–Crippen LogP) is 1.57. The Labute approximate surface area is 85.4 Å². The van der Waals surface area contributed by atoms with Crippen LogP contribution in [0, 0.1) is 0 Å². The monoisotopic (exact) mass is 194 g/mol. The second-order valence-corrected chi connectivity index (χ2v) is 3.32. The van der Waals surface area contributed by atoms with Crippen LogP contribution in [-0.4, -0.2) is 25.3 Å². The summed E-state index contributed by atoms with van der Waals surface area (Å²) in [5.41, 5.74) is 1.23. The third-order valence-electron chi connectivity index (χ3n) is 2.33. The highest BCUT2D eigenvalue weighted by Gasteiger charge is 2.10. The third kappa shape index (κ3) is 3.10. The molecule has 0 aliphatic rings. The molecule has 0 spiro atoms. The average Bonchev–Trinajstić information content (AvgIpc) is 2.26. The van der Waals surface area contributed by atoms with Crippen LogP contribution >= 0.6 is 0 Å². The van der Waals surface area contributed by atoms with E-state index >= 15 is 0 Å². The molecule has 0 fully saturated rings. The molecule has 0 aliphatic heterocycles. The summed E-state index contributed by atoms with van der Waals surface area (Å²) in [6.07, 6.45) is 0.